The molecular formula is C21H20N4O3. The van der Waals surface area contributed by atoms with Crippen molar-refractivity contribution in [3.05, 3.63) is 77.2 Å². The second-order valence-corrected chi connectivity index (χ2v) is 6.22. The third kappa shape index (κ3) is 4.32. The van der Waals surface area contributed by atoms with E-state index in [1.165, 1.54) is 25.1 Å². The standard InChI is InChI=1S/C21H20N4O3/c1-13-8-9-16(14(2)10-13)24-19-12-22-18(11-23-19)20(26)25-17-7-5-4-6-15(17)21(27)28-3/h4-12H,1-3H3,(H,23,24)(H,25,26). The molecule has 0 saturated carbocycles. The number of esters is 1. The van der Waals surface area contributed by atoms with Crippen LogP contribution in [-0.2, 0) is 4.74 Å². The predicted octanol–water partition coefficient (Wildman–Crippen LogP) is 3.88. The van der Waals surface area contributed by atoms with E-state index in [0.717, 1.165) is 11.3 Å². The average Bonchev–Trinajstić information content (AvgIpc) is 2.70. The lowest BCUT2D eigenvalue weighted by atomic mass is 10.1. The van der Waals surface area contributed by atoms with Crippen LogP contribution in [0.25, 0.3) is 0 Å². The van der Waals surface area contributed by atoms with E-state index in [9.17, 15) is 9.59 Å². The van der Waals surface area contributed by atoms with Crippen molar-refractivity contribution < 1.29 is 14.3 Å². The molecule has 2 N–H and O–H groups in total. The van der Waals surface area contributed by atoms with E-state index in [2.05, 4.69) is 26.7 Å². The monoisotopic (exact) mass is 376 g/mol. The fraction of sp³-hybridized carbons (Fsp3) is 0.143. The Morgan fingerprint density at radius 2 is 1.75 bits per heavy atom. The molecular weight excluding hydrogens is 356 g/mol. The van der Waals surface area contributed by atoms with Gasteiger partial charge in [-0.05, 0) is 37.6 Å². The van der Waals surface area contributed by atoms with Crippen molar-refractivity contribution in [3.8, 4) is 0 Å². The second kappa shape index (κ2) is 8.30. The molecule has 0 bridgehead atoms. The van der Waals surface area contributed by atoms with Crippen LogP contribution in [0.4, 0.5) is 17.2 Å². The SMILES string of the molecule is COC(=O)c1ccccc1NC(=O)c1cnc(Nc2ccc(C)cc2C)cn1. The van der Waals surface area contributed by atoms with Gasteiger partial charge in [0.15, 0.2) is 0 Å². The molecule has 7 heteroatoms. The summed E-state index contributed by atoms with van der Waals surface area (Å²) < 4.78 is 4.73. The Balaban J connectivity index is 1.73. The van der Waals surface area contributed by atoms with Gasteiger partial charge in [0.1, 0.15) is 11.5 Å². The molecule has 0 saturated heterocycles. The van der Waals surface area contributed by atoms with E-state index in [1.54, 1.807) is 24.3 Å². The Morgan fingerprint density at radius 3 is 2.43 bits per heavy atom. The van der Waals surface area contributed by atoms with Crippen molar-refractivity contribution in [1.82, 2.24) is 9.97 Å². The maximum Gasteiger partial charge on any atom is 0.339 e. The number of rotatable bonds is 5. The molecule has 0 aliphatic rings. The van der Waals surface area contributed by atoms with E-state index >= 15 is 0 Å². The highest BCUT2D eigenvalue weighted by Gasteiger charge is 2.15. The number of hydrogen-bond donors (Lipinski definition) is 2. The van der Waals surface area contributed by atoms with Gasteiger partial charge < -0.3 is 15.4 Å². The number of para-hydroxylation sites is 1. The van der Waals surface area contributed by atoms with Gasteiger partial charge in [-0.3, -0.25) is 4.79 Å². The quantitative estimate of drug-likeness (QED) is 0.657. The van der Waals surface area contributed by atoms with Crippen LogP contribution in [0.5, 0.6) is 0 Å². The first kappa shape index (κ1) is 19.0. The zero-order valence-corrected chi connectivity index (χ0v) is 15.8. The van der Waals surface area contributed by atoms with Crippen LogP contribution in [0, 0.1) is 13.8 Å². The van der Waals surface area contributed by atoms with Gasteiger partial charge in [0.25, 0.3) is 5.91 Å². The number of carbonyl (C=O) groups is 2. The summed E-state index contributed by atoms with van der Waals surface area (Å²) in [4.78, 5) is 32.7. The van der Waals surface area contributed by atoms with Crippen LogP contribution >= 0.6 is 0 Å². The summed E-state index contributed by atoms with van der Waals surface area (Å²) in [6.45, 7) is 4.03. The van der Waals surface area contributed by atoms with Crippen LogP contribution in [-0.4, -0.2) is 29.0 Å². The maximum atomic E-state index is 12.5. The van der Waals surface area contributed by atoms with E-state index in [0.29, 0.717) is 11.5 Å². The molecule has 0 spiro atoms. The first-order valence-corrected chi connectivity index (χ1v) is 8.63. The predicted molar refractivity (Wildman–Crippen MR) is 107 cm³/mol. The first-order chi connectivity index (χ1) is 13.5. The minimum atomic E-state index is -0.532. The number of nitrogens with one attached hydrogen (secondary N) is 2. The molecule has 0 atom stereocenters. The zero-order chi connectivity index (χ0) is 20.1. The van der Waals surface area contributed by atoms with Crippen LogP contribution in [0.3, 0.4) is 0 Å². The summed E-state index contributed by atoms with van der Waals surface area (Å²) in [7, 11) is 1.29. The molecule has 7 nitrogen and oxygen atoms in total. The molecule has 1 amide bonds. The lowest BCUT2D eigenvalue weighted by molar-refractivity contribution is 0.0602. The Labute approximate surface area is 162 Å². The van der Waals surface area contributed by atoms with E-state index in [4.69, 9.17) is 4.74 Å². The first-order valence-electron chi connectivity index (χ1n) is 8.63. The maximum absolute atomic E-state index is 12.5. The van der Waals surface area contributed by atoms with Crippen molar-refractivity contribution >= 4 is 29.1 Å². The smallest absolute Gasteiger partial charge is 0.339 e. The highest BCUT2D eigenvalue weighted by atomic mass is 16.5. The number of aryl methyl sites for hydroxylation is 2. The van der Waals surface area contributed by atoms with E-state index in [1.807, 2.05) is 26.0 Å². The molecule has 0 aliphatic heterocycles. The van der Waals surface area contributed by atoms with Gasteiger partial charge in [-0.25, -0.2) is 14.8 Å². The topological polar surface area (TPSA) is 93.2 Å². The molecule has 0 radical (unpaired) electrons. The van der Waals surface area contributed by atoms with Crippen molar-refractivity contribution in [3.63, 3.8) is 0 Å². The van der Waals surface area contributed by atoms with Gasteiger partial charge >= 0.3 is 5.97 Å². The van der Waals surface area contributed by atoms with Gasteiger partial charge in [-0.2, -0.15) is 0 Å². The molecule has 3 aromatic rings. The highest BCUT2D eigenvalue weighted by Crippen LogP contribution is 2.20. The Morgan fingerprint density at radius 1 is 0.964 bits per heavy atom. The van der Waals surface area contributed by atoms with E-state index < -0.39 is 11.9 Å². The van der Waals surface area contributed by atoms with Crippen LogP contribution in [0.15, 0.2) is 54.9 Å². The molecule has 0 fully saturated rings. The molecule has 2 aromatic carbocycles. The van der Waals surface area contributed by atoms with Crippen molar-refractivity contribution in [1.29, 1.82) is 0 Å². The van der Waals surface area contributed by atoms with Crippen molar-refractivity contribution in [2.75, 3.05) is 17.7 Å². The van der Waals surface area contributed by atoms with Gasteiger partial charge in [-0.15, -0.1) is 0 Å². The summed E-state index contributed by atoms with van der Waals surface area (Å²) in [6.07, 6.45) is 2.86. The third-order valence-electron chi connectivity index (χ3n) is 4.11. The number of amides is 1. The summed E-state index contributed by atoms with van der Waals surface area (Å²) in [5.41, 5.74) is 3.92. The summed E-state index contributed by atoms with van der Waals surface area (Å²) in [5, 5.41) is 5.84. The van der Waals surface area contributed by atoms with Gasteiger partial charge in [0.05, 0.1) is 30.8 Å². The molecule has 3 rings (SSSR count). The van der Waals surface area contributed by atoms with E-state index in [-0.39, 0.29) is 11.3 Å². The van der Waals surface area contributed by atoms with Crippen molar-refractivity contribution in [2.45, 2.75) is 13.8 Å². The van der Waals surface area contributed by atoms with Crippen LogP contribution in [0.1, 0.15) is 32.0 Å². The molecule has 0 aliphatic carbocycles. The lowest BCUT2D eigenvalue weighted by Gasteiger charge is -2.11. The Bertz CT molecular complexity index is 1020. The minimum Gasteiger partial charge on any atom is -0.465 e. The molecule has 0 unspecified atom stereocenters. The molecule has 1 heterocycles. The minimum absolute atomic E-state index is 0.130. The number of aromatic nitrogens is 2. The Kier molecular flexibility index (Phi) is 5.64. The number of carbonyl (C=O) groups excluding carboxylic acids is 2. The largest absolute Gasteiger partial charge is 0.465 e. The number of benzene rings is 2. The van der Waals surface area contributed by atoms with Crippen LogP contribution < -0.4 is 10.6 Å². The summed E-state index contributed by atoms with van der Waals surface area (Å²) in [5.74, 6) is -0.476. The number of nitrogens with zero attached hydrogens (tertiary/aromatic N) is 2. The van der Waals surface area contributed by atoms with Crippen molar-refractivity contribution in [2.24, 2.45) is 0 Å². The fourth-order valence-electron chi connectivity index (χ4n) is 2.67. The Hall–Kier alpha value is -3.74. The average molecular weight is 376 g/mol. The number of anilines is 3. The second-order valence-electron chi connectivity index (χ2n) is 6.22. The molecule has 1 aromatic heterocycles. The fourth-order valence-corrected chi connectivity index (χ4v) is 2.67. The summed E-state index contributed by atoms with van der Waals surface area (Å²) >= 11 is 0. The zero-order valence-electron chi connectivity index (χ0n) is 15.8. The third-order valence-corrected chi connectivity index (χ3v) is 4.11. The van der Waals surface area contributed by atoms with Crippen LogP contribution in [0.2, 0.25) is 0 Å². The molecule has 142 valence electrons. The van der Waals surface area contributed by atoms with Gasteiger partial charge in [0.2, 0.25) is 0 Å². The number of methoxy groups -OCH3 is 1. The highest BCUT2D eigenvalue weighted by molar-refractivity contribution is 6.06. The normalized spacial score (nSPS) is 10.2. The van der Waals surface area contributed by atoms with Gasteiger partial charge in [0, 0.05) is 5.69 Å². The van der Waals surface area contributed by atoms with Gasteiger partial charge in [-0.1, -0.05) is 29.8 Å². The number of ether oxygens (including phenoxy) is 1. The number of hydrogen-bond acceptors (Lipinski definition) is 6. The lowest BCUT2D eigenvalue weighted by Crippen LogP contribution is -2.17. The summed E-state index contributed by atoms with van der Waals surface area (Å²) in [6, 6.07) is 12.6. The molecule has 28 heavy (non-hydrogen) atoms.